The van der Waals surface area contributed by atoms with Gasteiger partial charge in [0, 0.05) is 18.7 Å². The van der Waals surface area contributed by atoms with E-state index in [9.17, 15) is 19.2 Å². The first kappa shape index (κ1) is 26.0. The highest BCUT2D eigenvalue weighted by Crippen LogP contribution is 2.34. The van der Waals surface area contributed by atoms with Gasteiger partial charge in [0.05, 0.1) is 25.3 Å². The number of para-hydroxylation sites is 2. The second-order valence-electron chi connectivity index (χ2n) is 8.74. The molecule has 10 heteroatoms. The number of rotatable bonds is 9. The Morgan fingerprint density at radius 3 is 2.65 bits per heavy atom. The molecule has 37 heavy (non-hydrogen) atoms. The highest BCUT2D eigenvalue weighted by atomic mass is 16.5. The number of carbonyl (C=O) groups excluding carboxylic acids is 4. The summed E-state index contributed by atoms with van der Waals surface area (Å²) in [5.41, 5.74) is 0.649. The van der Waals surface area contributed by atoms with Crippen molar-refractivity contribution < 1.29 is 38.1 Å². The van der Waals surface area contributed by atoms with Gasteiger partial charge in [0.25, 0.3) is 5.91 Å². The summed E-state index contributed by atoms with van der Waals surface area (Å²) in [6, 6.07) is 11.7. The molecule has 10 nitrogen and oxygen atoms in total. The number of ketones is 1. The van der Waals surface area contributed by atoms with Gasteiger partial charge in [-0.2, -0.15) is 0 Å². The smallest absolute Gasteiger partial charge is 0.310 e. The normalized spacial score (nSPS) is 16.9. The van der Waals surface area contributed by atoms with Gasteiger partial charge < -0.3 is 23.8 Å². The quantitative estimate of drug-likeness (QED) is 0.374. The highest BCUT2D eigenvalue weighted by Gasteiger charge is 2.33. The molecule has 4 rings (SSSR count). The predicted molar refractivity (Wildman–Crippen MR) is 133 cm³/mol. The van der Waals surface area contributed by atoms with E-state index in [-0.39, 0.29) is 56.5 Å². The van der Waals surface area contributed by atoms with Gasteiger partial charge in [0.15, 0.2) is 30.5 Å². The number of benzene rings is 2. The van der Waals surface area contributed by atoms with E-state index in [0.29, 0.717) is 47.9 Å². The van der Waals surface area contributed by atoms with Crippen molar-refractivity contribution in [2.75, 3.05) is 51.5 Å². The molecule has 0 aliphatic carbocycles. The van der Waals surface area contributed by atoms with Crippen LogP contribution in [0.3, 0.4) is 0 Å². The van der Waals surface area contributed by atoms with Crippen molar-refractivity contribution in [3.05, 3.63) is 48.0 Å². The first-order valence-electron chi connectivity index (χ1n) is 12.2. The van der Waals surface area contributed by atoms with Crippen LogP contribution >= 0.6 is 0 Å². The number of nitrogens with zero attached hydrogens (tertiary/aromatic N) is 2. The number of anilines is 1. The van der Waals surface area contributed by atoms with Crippen LogP contribution in [-0.4, -0.2) is 75.0 Å². The van der Waals surface area contributed by atoms with E-state index >= 15 is 0 Å². The second kappa shape index (κ2) is 11.8. The minimum absolute atomic E-state index is 0.212. The van der Waals surface area contributed by atoms with Crippen LogP contribution in [0.5, 0.6) is 17.2 Å². The Balaban J connectivity index is 1.46. The minimum Gasteiger partial charge on any atom is -0.493 e. The molecule has 1 fully saturated rings. The zero-order valence-corrected chi connectivity index (χ0v) is 20.9. The average molecular weight is 511 g/mol. The molecule has 2 aliphatic rings. The van der Waals surface area contributed by atoms with E-state index in [1.165, 1.54) is 18.1 Å². The zero-order chi connectivity index (χ0) is 26.4. The van der Waals surface area contributed by atoms with E-state index < -0.39 is 5.91 Å². The lowest BCUT2D eigenvalue weighted by Gasteiger charge is -2.34. The first-order valence-corrected chi connectivity index (χ1v) is 12.2. The van der Waals surface area contributed by atoms with Crippen molar-refractivity contribution in [2.45, 2.75) is 19.8 Å². The minimum atomic E-state index is -0.394. The fraction of sp³-hybridized carbons (Fsp3) is 0.407. The van der Waals surface area contributed by atoms with Gasteiger partial charge in [0.1, 0.15) is 12.3 Å². The van der Waals surface area contributed by atoms with E-state index in [4.69, 9.17) is 18.9 Å². The number of hydrogen-bond acceptors (Lipinski definition) is 8. The third-order valence-electron chi connectivity index (χ3n) is 6.34. The van der Waals surface area contributed by atoms with E-state index in [1.54, 1.807) is 48.2 Å². The number of hydrogen-bond donors (Lipinski definition) is 0. The molecule has 2 heterocycles. The Morgan fingerprint density at radius 1 is 1.11 bits per heavy atom. The molecule has 2 aromatic rings. The molecule has 1 saturated heterocycles. The number of Topliss-reactive ketones (excluding diaryl/α,β-unsaturated/α-hetero) is 1. The monoisotopic (exact) mass is 510 g/mol. The second-order valence-corrected chi connectivity index (χ2v) is 8.74. The molecule has 0 spiro atoms. The first-order chi connectivity index (χ1) is 17.9. The molecule has 0 aromatic heterocycles. The third kappa shape index (κ3) is 6.02. The van der Waals surface area contributed by atoms with E-state index in [0.717, 1.165) is 0 Å². The van der Waals surface area contributed by atoms with Crippen LogP contribution in [0.1, 0.15) is 30.1 Å². The summed E-state index contributed by atoms with van der Waals surface area (Å²) >= 11 is 0. The Labute approximate surface area is 215 Å². The summed E-state index contributed by atoms with van der Waals surface area (Å²) in [6.45, 7) is 2.11. The molecule has 0 bridgehead atoms. The van der Waals surface area contributed by atoms with Gasteiger partial charge in [-0.05, 0) is 50.1 Å². The Hall–Kier alpha value is -4.08. The van der Waals surface area contributed by atoms with Gasteiger partial charge in [-0.15, -0.1) is 0 Å². The summed E-state index contributed by atoms with van der Waals surface area (Å²) < 4.78 is 21.5. The lowest BCUT2D eigenvalue weighted by Crippen LogP contribution is -2.49. The third-order valence-corrected chi connectivity index (χ3v) is 6.34. The van der Waals surface area contributed by atoms with Crippen LogP contribution in [0.4, 0.5) is 5.69 Å². The largest absolute Gasteiger partial charge is 0.493 e. The van der Waals surface area contributed by atoms with Crippen molar-refractivity contribution in [3.8, 4) is 17.2 Å². The number of methoxy groups -OCH3 is 1. The summed E-state index contributed by atoms with van der Waals surface area (Å²) in [5, 5.41) is 0. The number of likely N-dealkylation sites (tertiary alicyclic amines) is 1. The number of fused-ring (bicyclic) bond motifs is 1. The standard InChI is InChI=1S/C27H30N2O8/c1-3-35-27(33)19-7-6-12-28(14-19)25(31)15-29-20-13-18(10-11-22(20)37-17-26(29)32)21(30)16-36-24-9-5-4-8-23(24)34-2/h4-5,8-11,13,19H,3,6-7,12,14-17H2,1-2H3. The Kier molecular flexibility index (Phi) is 8.27. The maximum Gasteiger partial charge on any atom is 0.310 e. The number of carbonyl (C=O) groups is 4. The number of amides is 2. The summed E-state index contributed by atoms with van der Waals surface area (Å²) in [4.78, 5) is 53.8. The van der Waals surface area contributed by atoms with Crippen molar-refractivity contribution in [1.82, 2.24) is 4.90 Å². The summed E-state index contributed by atoms with van der Waals surface area (Å²) in [5.74, 6) is -0.342. The predicted octanol–water partition coefficient (Wildman–Crippen LogP) is 2.48. The SMILES string of the molecule is CCOC(=O)C1CCCN(C(=O)CN2C(=O)COc3ccc(C(=O)COc4ccccc4OC)cc32)C1. The maximum absolute atomic E-state index is 13.1. The average Bonchev–Trinajstić information content (AvgIpc) is 2.93. The molecular formula is C27H30N2O8. The van der Waals surface area contributed by atoms with Gasteiger partial charge in [0.2, 0.25) is 5.91 Å². The molecule has 196 valence electrons. The summed E-state index contributed by atoms with van der Waals surface area (Å²) in [6.07, 6.45) is 1.33. The van der Waals surface area contributed by atoms with Crippen LogP contribution in [0.2, 0.25) is 0 Å². The molecule has 2 aliphatic heterocycles. The van der Waals surface area contributed by atoms with Crippen molar-refractivity contribution in [3.63, 3.8) is 0 Å². The summed E-state index contributed by atoms with van der Waals surface area (Å²) in [7, 11) is 1.52. The lowest BCUT2D eigenvalue weighted by atomic mass is 9.98. The van der Waals surface area contributed by atoms with Crippen LogP contribution < -0.4 is 19.1 Å². The van der Waals surface area contributed by atoms with Gasteiger partial charge in [-0.3, -0.25) is 24.1 Å². The number of esters is 1. The number of piperidine rings is 1. The van der Waals surface area contributed by atoms with Crippen LogP contribution in [-0.2, 0) is 19.1 Å². The lowest BCUT2D eigenvalue weighted by molar-refractivity contribution is -0.151. The van der Waals surface area contributed by atoms with Crippen LogP contribution in [0.15, 0.2) is 42.5 Å². The molecule has 0 saturated carbocycles. The molecule has 2 amide bonds. The molecule has 2 aromatic carbocycles. The van der Waals surface area contributed by atoms with Crippen molar-refractivity contribution in [1.29, 1.82) is 0 Å². The molecule has 1 unspecified atom stereocenters. The van der Waals surface area contributed by atoms with Crippen molar-refractivity contribution >= 4 is 29.3 Å². The van der Waals surface area contributed by atoms with Crippen LogP contribution in [0.25, 0.3) is 0 Å². The van der Waals surface area contributed by atoms with Gasteiger partial charge >= 0.3 is 5.97 Å². The number of ether oxygens (including phenoxy) is 4. The Bertz CT molecular complexity index is 1180. The fourth-order valence-corrected chi connectivity index (χ4v) is 4.41. The van der Waals surface area contributed by atoms with Gasteiger partial charge in [-0.1, -0.05) is 12.1 Å². The van der Waals surface area contributed by atoms with E-state index in [1.807, 2.05) is 0 Å². The Morgan fingerprint density at radius 2 is 1.89 bits per heavy atom. The molecule has 0 radical (unpaired) electrons. The fourth-order valence-electron chi connectivity index (χ4n) is 4.41. The molecular weight excluding hydrogens is 480 g/mol. The topological polar surface area (TPSA) is 112 Å². The van der Waals surface area contributed by atoms with Crippen molar-refractivity contribution in [2.24, 2.45) is 5.92 Å². The van der Waals surface area contributed by atoms with E-state index in [2.05, 4.69) is 0 Å². The van der Waals surface area contributed by atoms with Gasteiger partial charge in [-0.25, -0.2) is 0 Å². The molecule has 0 N–H and O–H groups in total. The molecule has 1 atom stereocenters. The highest BCUT2D eigenvalue weighted by molar-refractivity contribution is 6.04. The zero-order valence-electron chi connectivity index (χ0n) is 20.9. The van der Waals surface area contributed by atoms with Crippen LogP contribution in [0, 0.1) is 5.92 Å². The maximum atomic E-state index is 13.1.